The Balaban J connectivity index is 1.88. The first-order valence-electron chi connectivity index (χ1n) is 9.14. The van der Waals surface area contributed by atoms with E-state index in [-0.39, 0.29) is 6.54 Å². The number of aromatic nitrogens is 2. The number of rotatable bonds is 6. The van der Waals surface area contributed by atoms with Gasteiger partial charge in [0.1, 0.15) is 0 Å². The summed E-state index contributed by atoms with van der Waals surface area (Å²) in [6, 6.07) is 5.77. The maximum atomic E-state index is 13.0. The molecule has 0 radical (unpaired) electrons. The Morgan fingerprint density at radius 3 is 2.67 bits per heavy atom. The summed E-state index contributed by atoms with van der Waals surface area (Å²) in [5.74, 6) is -0.410. The van der Waals surface area contributed by atoms with Crippen molar-refractivity contribution in [1.82, 2.24) is 15.1 Å². The molecule has 0 bridgehead atoms. The fourth-order valence-corrected chi connectivity index (χ4v) is 4.43. The van der Waals surface area contributed by atoms with Gasteiger partial charge in [-0.3, -0.25) is 9.48 Å². The maximum absolute atomic E-state index is 13.0. The molecule has 2 aromatic heterocycles. The number of nitrogens with zero attached hydrogens (tertiary/aromatic N) is 2. The Labute approximate surface area is 180 Å². The molecule has 0 fully saturated rings. The molecule has 0 saturated carbocycles. The first kappa shape index (κ1) is 22.3. The molecule has 2 heterocycles. The van der Waals surface area contributed by atoms with Crippen LogP contribution in [0.1, 0.15) is 38.6 Å². The zero-order chi connectivity index (χ0) is 22.1. The van der Waals surface area contributed by atoms with Gasteiger partial charge < -0.3 is 11.1 Å². The van der Waals surface area contributed by atoms with Gasteiger partial charge in [0.15, 0.2) is 0 Å². The normalized spacial score (nSPS) is 12.8. The van der Waals surface area contributed by atoms with Gasteiger partial charge in [-0.25, -0.2) is 0 Å². The summed E-state index contributed by atoms with van der Waals surface area (Å²) in [5, 5.41) is 7.35. The van der Waals surface area contributed by atoms with Crippen LogP contribution >= 0.6 is 22.9 Å². The number of thiophene rings is 1. The van der Waals surface area contributed by atoms with E-state index in [4.69, 9.17) is 17.3 Å². The molecular weight excluding hydrogens is 437 g/mol. The van der Waals surface area contributed by atoms with Gasteiger partial charge in [0.25, 0.3) is 5.91 Å². The zero-order valence-electron chi connectivity index (χ0n) is 16.3. The van der Waals surface area contributed by atoms with Crippen molar-refractivity contribution in [2.45, 2.75) is 25.6 Å². The number of nitrogens with two attached hydrogens (primary N) is 1. The summed E-state index contributed by atoms with van der Waals surface area (Å²) >= 11 is 7.55. The maximum Gasteiger partial charge on any atom is 0.416 e. The molecule has 0 aliphatic heterocycles. The minimum atomic E-state index is -4.47. The van der Waals surface area contributed by atoms with Crippen LogP contribution in [0.3, 0.4) is 0 Å². The second-order valence-electron chi connectivity index (χ2n) is 6.65. The van der Waals surface area contributed by atoms with Gasteiger partial charge in [0.05, 0.1) is 33.4 Å². The van der Waals surface area contributed by atoms with Crippen LogP contribution in [-0.4, -0.2) is 22.2 Å². The Hall–Kier alpha value is -2.36. The number of hydrogen-bond acceptors (Lipinski definition) is 4. The van der Waals surface area contributed by atoms with E-state index in [1.165, 1.54) is 29.7 Å². The fraction of sp³-hybridized carbons (Fsp3) is 0.300. The minimum absolute atomic E-state index is 0.0422. The fourth-order valence-electron chi connectivity index (χ4n) is 3.16. The molecule has 1 atom stereocenters. The van der Waals surface area contributed by atoms with Gasteiger partial charge in [-0.05, 0) is 30.2 Å². The molecule has 3 rings (SSSR count). The predicted molar refractivity (Wildman–Crippen MR) is 112 cm³/mol. The van der Waals surface area contributed by atoms with E-state index in [1.807, 2.05) is 6.92 Å². The number of aryl methyl sites for hydroxylation is 2. The lowest BCUT2D eigenvalue weighted by Gasteiger charge is -2.18. The highest BCUT2D eigenvalue weighted by atomic mass is 35.5. The lowest BCUT2D eigenvalue weighted by molar-refractivity contribution is -0.137. The van der Waals surface area contributed by atoms with Gasteiger partial charge in [0.2, 0.25) is 0 Å². The number of hydrogen-bond donors (Lipinski definition) is 2. The van der Waals surface area contributed by atoms with Crippen LogP contribution in [0.15, 0.2) is 36.5 Å². The number of carbonyl (C=O) groups excluding carboxylic acids is 1. The van der Waals surface area contributed by atoms with Crippen molar-refractivity contribution in [2.24, 2.45) is 12.8 Å². The van der Waals surface area contributed by atoms with Crippen LogP contribution in [0, 0.1) is 0 Å². The molecule has 10 heteroatoms. The largest absolute Gasteiger partial charge is 0.416 e. The average molecular weight is 457 g/mol. The SMILES string of the molecule is CCc1sc(C(=O)N[C@H](CN)c2cccc(C(F)(F)F)c2)cc1-c1c(Cl)cnn1C. The van der Waals surface area contributed by atoms with E-state index in [2.05, 4.69) is 10.4 Å². The van der Waals surface area contributed by atoms with E-state index >= 15 is 0 Å². The smallest absolute Gasteiger partial charge is 0.343 e. The van der Waals surface area contributed by atoms with Crippen LogP contribution in [0.5, 0.6) is 0 Å². The van der Waals surface area contributed by atoms with Crippen LogP contribution in [0.2, 0.25) is 5.02 Å². The second kappa shape index (κ2) is 8.79. The van der Waals surface area contributed by atoms with Crippen molar-refractivity contribution in [2.75, 3.05) is 6.54 Å². The van der Waals surface area contributed by atoms with Gasteiger partial charge >= 0.3 is 6.18 Å². The molecule has 0 saturated heterocycles. The summed E-state index contributed by atoms with van der Waals surface area (Å²) < 4.78 is 40.7. The molecule has 1 amide bonds. The molecular formula is C20H20ClF3N4OS. The zero-order valence-corrected chi connectivity index (χ0v) is 17.8. The molecule has 5 nitrogen and oxygen atoms in total. The van der Waals surface area contributed by atoms with Gasteiger partial charge in [-0.15, -0.1) is 11.3 Å². The minimum Gasteiger partial charge on any atom is -0.343 e. The third-order valence-corrected chi connectivity index (χ3v) is 6.22. The molecule has 160 valence electrons. The summed E-state index contributed by atoms with van der Waals surface area (Å²) in [4.78, 5) is 14.2. The average Bonchev–Trinajstić information content (AvgIpc) is 3.27. The number of carbonyl (C=O) groups is 1. The predicted octanol–water partition coefficient (Wildman–Crippen LogP) is 4.81. The van der Waals surface area contributed by atoms with E-state index in [9.17, 15) is 18.0 Å². The van der Waals surface area contributed by atoms with Crippen molar-refractivity contribution in [1.29, 1.82) is 0 Å². The number of nitrogens with one attached hydrogen (secondary N) is 1. The highest BCUT2D eigenvalue weighted by molar-refractivity contribution is 7.14. The topological polar surface area (TPSA) is 72.9 Å². The van der Waals surface area contributed by atoms with Crippen molar-refractivity contribution in [3.63, 3.8) is 0 Å². The highest BCUT2D eigenvalue weighted by Gasteiger charge is 2.31. The van der Waals surface area contributed by atoms with Crippen molar-refractivity contribution in [3.8, 4) is 11.3 Å². The van der Waals surface area contributed by atoms with Gasteiger partial charge in [-0.2, -0.15) is 18.3 Å². The summed E-state index contributed by atoms with van der Waals surface area (Å²) in [6.45, 7) is 1.92. The van der Waals surface area contributed by atoms with Crippen LogP contribution < -0.4 is 11.1 Å². The van der Waals surface area contributed by atoms with Crippen molar-refractivity contribution < 1.29 is 18.0 Å². The van der Waals surface area contributed by atoms with E-state index in [0.29, 0.717) is 27.6 Å². The van der Waals surface area contributed by atoms with E-state index < -0.39 is 23.7 Å². The summed E-state index contributed by atoms with van der Waals surface area (Å²) in [5.41, 5.74) is 6.77. The summed E-state index contributed by atoms with van der Waals surface area (Å²) in [6.07, 6.45) is -2.26. The first-order chi connectivity index (χ1) is 14.2. The van der Waals surface area contributed by atoms with Crippen LogP contribution in [-0.2, 0) is 19.6 Å². The third-order valence-electron chi connectivity index (χ3n) is 4.66. The quantitative estimate of drug-likeness (QED) is 0.559. The monoisotopic (exact) mass is 456 g/mol. The van der Waals surface area contributed by atoms with Gasteiger partial charge in [0, 0.05) is 24.0 Å². The summed E-state index contributed by atoms with van der Waals surface area (Å²) in [7, 11) is 1.76. The lowest BCUT2D eigenvalue weighted by Crippen LogP contribution is -2.33. The number of alkyl halides is 3. The first-order valence-corrected chi connectivity index (χ1v) is 10.3. The molecule has 30 heavy (non-hydrogen) atoms. The standard InChI is InChI=1S/C20H20ClF3N4OS/c1-3-16-13(18-14(21)10-26-28(18)2)8-17(30-16)19(29)27-15(9-25)11-5-4-6-12(7-11)20(22,23)24/h4-8,10,15H,3,9,25H2,1-2H3,(H,27,29)/t15-/m1/s1. The van der Waals surface area contributed by atoms with Gasteiger partial charge in [-0.1, -0.05) is 30.7 Å². The Bertz CT molecular complexity index is 1040. The van der Waals surface area contributed by atoms with Crippen molar-refractivity contribution in [3.05, 3.63) is 62.4 Å². The molecule has 1 aromatic carbocycles. The van der Waals surface area contributed by atoms with Crippen LogP contribution in [0.25, 0.3) is 11.3 Å². The molecule has 0 aliphatic rings. The third kappa shape index (κ3) is 4.53. The Kier molecular flexibility index (Phi) is 6.54. The lowest BCUT2D eigenvalue weighted by atomic mass is 10.0. The number of amides is 1. The molecule has 3 N–H and O–H groups in total. The molecule has 3 aromatic rings. The van der Waals surface area contributed by atoms with Crippen LogP contribution in [0.4, 0.5) is 13.2 Å². The number of benzene rings is 1. The molecule has 0 aliphatic carbocycles. The molecule has 0 unspecified atom stereocenters. The van der Waals surface area contributed by atoms with E-state index in [0.717, 1.165) is 22.6 Å². The van der Waals surface area contributed by atoms with E-state index in [1.54, 1.807) is 17.8 Å². The van der Waals surface area contributed by atoms with Crippen molar-refractivity contribution >= 4 is 28.8 Å². The molecule has 0 spiro atoms. The highest BCUT2D eigenvalue weighted by Crippen LogP contribution is 2.36. The Morgan fingerprint density at radius 2 is 2.10 bits per heavy atom. The second-order valence-corrected chi connectivity index (χ2v) is 8.19. The Morgan fingerprint density at radius 1 is 1.37 bits per heavy atom. The number of halogens is 4.